The third-order valence-corrected chi connectivity index (χ3v) is 3.61. The smallest absolute Gasteiger partial charge is 0.341 e. The molecule has 2 aromatic rings. The number of hydrogen-bond acceptors (Lipinski definition) is 5. The number of carboxylic acid groups (broad SMARTS) is 1. The molecule has 0 atom stereocenters. The van der Waals surface area contributed by atoms with E-state index in [1.54, 1.807) is 43.3 Å². The number of hydrogen-bond donors (Lipinski definition) is 2. The predicted molar refractivity (Wildman–Crippen MR) is 104 cm³/mol. The van der Waals surface area contributed by atoms with Gasteiger partial charge in [0.1, 0.15) is 11.6 Å². The summed E-state index contributed by atoms with van der Waals surface area (Å²) < 4.78 is 10.6. The number of carbonyl (C=O) groups is 2. The molecule has 2 aromatic carbocycles. The monoisotopic (exact) mass is 400 g/mol. The minimum absolute atomic E-state index is 0.123. The van der Waals surface area contributed by atoms with E-state index in [0.717, 1.165) is 0 Å². The third kappa shape index (κ3) is 6.04. The molecule has 0 aliphatic rings. The summed E-state index contributed by atoms with van der Waals surface area (Å²) in [5, 5.41) is 21.1. The van der Waals surface area contributed by atoms with E-state index < -0.39 is 18.5 Å². The molecule has 0 saturated carbocycles. The maximum absolute atomic E-state index is 12.3. The molecule has 7 nitrogen and oxygen atoms in total. The average molecular weight is 401 g/mol. The fourth-order valence-corrected chi connectivity index (χ4v) is 2.41. The Morgan fingerprint density at radius 3 is 2.64 bits per heavy atom. The van der Waals surface area contributed by atoms with Gasteiger partial charge in [0, 0.05) is 10.7 Å². The SMILES string of the molecule is CCOc1cc(/C=C(\C#N)C(=O)Nc2cccc(Cl)c2)ccc1OCC(=O)O. The van der Waals surface area contributed by atoms with Crippen molar-refractivity contribution < 1.29 is 24.2 Å². The zero-order chi connectivity index (χ0) is 20.5. The van der Waals surface area contributed by atoms with Crippen LogP contribution in [0.2, 0.25) is 5.02 Å². The highest BCUT2D eigenvalue weighted by Gasteiger charge is 2.12. The number of carbonyl (C=O) groups excluding carboxylic acids is 1. The summed E-state index contributed by atoms with van der Waals surface area (Å²) in [4.78, 5) is 23.0. The van der Waals surface area contributed by atoms with Crippen molar-refractivity contribution >= 4 is 35.2 Å². The standard InChI is InChI=1S/C20H17ClN2O5/c1-2-27-18-9-13(6-7-17(18)28-12-19(24)25)8-14(11-22)20(26)23-16-5-3-4-15(21)10-16/h3-10H,2,12H2,1H3,(H,23,26)(H,24,25)/b14-8+. The van der Waals surface area contributed by atoms with E-state index in [2.05, 4.69) is 5.32 Å². The first-order chi connectivity index (χ1) is 13.4. The van der Waals surface area contributed by atoms with Gasteiger partial charge in [-0.05, 0) is 48.9 Å². The Bertz CT molecular complexity index is 950. The number of ether oxygens (including phenoxy) is 2. The number of nitrogens with one attached hydrogen (secondary N) is 1. The number of anilines is 1. The Morgan fingerprint density at radius 1 is 1.21 bits per heavy atom. The summed E-state index contributed by atoms with van der Waals surface area (Å²) in [6, 6.07) is 13.1. The second-order valence-corrected chi connectivity index (χ2v) is 5.89. The minimum atomic E-state index is -1.11. The molecule has 0 spiro atoms. The van der Waals surface area contributed by atoms with E-state index in [4.69, 9.17) is 26.2 Å². The molecule has 0 saturated heterocycles. The van der Waals surface area contributed by atoms with Crippen molar-refractivity contribution in [3.63, 3.8) is 0 Å². The van der Waals surface area contributed by atoms with E-state index in [0.29, 0.717) is 28.6 Å². The van der Waals surface area contributed by atoms with Crippen molar-refractivity contribution in [1.82, 2.24) is 0 Å². The maximum atomic E-state index is 12.3. The molecular formula is C20H17ClN2O5. The van der Waals surface area contributed by atoms with Gasteiger partial charge >= 0.3 is 5.97 Å². The summed E-state index contributed by atoms with van der Waals surface area (Å²) in [5.74, 6) is -1.14. The maximum Gasteiger partial charge on any atom is 0.341 e. The summed E-state index contributed by atoms with van der Waals surface area (Å²) >= 11 is 5.89. The molecule has 28 heavy (non-hydrogen) atoms. The van der Waals surface area contributed by atoms with Crippen LogP contribution in [-0.4, -0.2) is 30.2 Å². The van der Waals surface area contributed by atoms with Crippen LogP contribution in [0.1, 0.15) is 12.5 Å². The van der Waals surface area contributed by atoms with Crippen molar-refractivity contribution in [2.45, 2.75) is 6.92 Å². The van der Waals surface area contributed by atoms with Gasteiger partial charge in [-0.15, -0.1) is 0 Å². The second-order valence-electron chi connectivity index (χ2n) is 5.46. The molecular weight excluding hydrogens is 384 g/mol. The van der Waals surface area contributed by atoms with Crippen LogP contribution in [-0.2, 0) is 9.59 Å². The molecule has 1 amide bonds. The number of carboxylic acids is 1. The van der Waals surface area contributed by atoms with Gasteiger partial charge in [0.05, 0.1) is 6.61 Å². The number of rotatable bonds is 8. The Labute approximate surface area is 166 Å². The van der Waals surface area contributed by atoms with Crippen molar-refractivity contribution in [2.24, 2.45) is 0 Å². The van der Waals surface area contributed by atoms with Crippen molar-refractivity contribution in [1.29, 1.82) is 5.26 Å². The molecule has 2 N–H and O–H groups in total. The van der Waals surface area contributed by atoms with E-state index >= 15 is 0 Å². The van der Waals surface area contributed by atoms with E-state index in [1.165, 1.54) is 12.1 Å². The van der Waals surface area contributed by atoms with Crippen LogP contribution in [0, 0.1) is 11.3 Å². The predicted octanol–water partition coefficient (Wildman–Crippen LogP) is 3.75. The fraction of sp³-hybridized carbons (Fsp3) is 0.150. The first-order valence-corrected chi connectivity index (χ1v) is 8.61. The molecule has 0 aromatic heterocycles. The number of benzene rings is 2. The van der Waals surface area contributed by atoms with Gasteiger partial charge in [-0.25, -0.2) is 4.79 Å². The van der Waals surface area contributed by atoms with Crippen LogP contribution in [0.5, 0.6) is 11.5 Å². The van der Waals surface area contributed by atoms with Crippen LogP contribution in [0.15, 0.2) is 48.0 Å². The summed E-state index contributed by atoms with van der Waals surface area (Å²) in [6.45, 7) is 1.58. The lowest BCUT2D eigenvalue weighted by atomic mass is 10.1. The zero-order valence-corrected chi connectivity index (χ0v) is 15.7. The number of nitrogens with zero attached hydrogens (tertiary/aromatic N) is 1. The molecule has 144 valence electrons. The minimum Gasteiger partial charge on any atom is -0.490 e. The Kier molecular flexibility index (Phi) is 7.43. The van der Waals surface area contributed by atoms with E-state index in [1.807, 2.05) is 6.07 Å². The Morgan fingerprint density at radius 2 is 2.00 bits per heavy atom. The number of halogens is 1. The topological polar surface area (TPSA) is 109 Å². The molecule has 0 heterocycles. The lowest BCUT2D eigenvalue weighted by Crippen LogP contribution is -2.13. The van der Waals surface area contributed by atoms with E-state index in [9.17, 15) is 14.9 Å². The quantitative estimate of drug-likeness (QED) is 0.516. The molecule has 0 radical (unpaired) electrons. The van der Waals surface area contributed by atoms with Crippen molar-refractivity contribution in [2.75, 3.05) is 18.5 Å². The fourth-order valence-electron chi connectivity index (χ4n) is 2.22. The highest BCUT2D eigenvalue weighted by molar-refractivity contribution is 6.31. The highest BCUT2D eigenvalue weighted by Crippen LogP contribution is 2.29. The Hall–Kier alpha value is -3.50. The van der Waals surface area contributed by atoms with Crippen LogP contribution in [0.25, 0.3) is 6.08 Å². The molecule has 0 fully saturated rings. The lowest BCUT2D eigenvalue weighted by Gasteiger charge is -2.11. The normalized spacial score (nSPS) is 10.7. The van der Waals surface area contributed by atoms with Crippen molar-refractivity contribution in [3.8, 4) is 17.6 Å². The van der Waals surface area contributed by atoms with Gasteiger partial charge in [0.25, 0.3) is 5.91 Å². The zero-order valence-electron chi connectivity index (χ0n) is 14.9. The molecule has 2 rings (SSSR count). The largest absolute Gasteiger partial charge is 0.490 e. The van der Waals surface area contributed by atoms with Gasteiger partial charge in [-0.1, -0.05) is 23.7 Å². The van der Waals surface area contributed by atoms with Crippen LogP contribution < -0.4 is 14.8 Å². The third-order valence-electron chi connectivity index (χ3n) is 3.38. The summed E-state index contributed by atoms with van der Waals surface area (Å²) in [7, 11) is 0. The van der Waals surface area contributed by atoms with Crippen LogP contribution in [0.3, 0.4) is 0 Å². The molecule has 0 aliphatic heterocycles. The van der Waals surface area contributed by atoms with Gasteiger partial charge in [-0.2, -0.15) is 5.26 Å². The van der Waals surface area contributed by atoms with Gasteiger partial charge in [-0.3, -0.25) is 4.79 Å². The molecule has 8 heteroatoms. The first-order valence-electron chi connectivity index (χ1n) is 8.23. The van der Waals surface area contributed by atoms with Crippen LogP contribution >= 0.6 is 11.6 Å². The molecule has 0 unspecified atom stereocenters. The number of aliphatic carboxylic acids is 1. The van der Waals surface area contributed by atoms with Crippen LogP contribution in [0.4, 0.5) is 5.69 Å². The lowest BCUT2D eigenvalue weighted by molar-refractivity contribution is -0.139. The van der Waals surface area contributed by atoms with Gasteiger partial charge < -0.3 is 19.9 Å². The van der Waals surface area contributed by atoms with Gasteiger partial charge in [0.15, 0.2) is 18.1 Å². The molecule has 0 aliphatic carbocycles. The average Bonchev–Trinajstić information content (AvgIpc) is 2.65. The van der Waals surface area contributed by atoms with E-state index in [-0.39, 0.29) is 11.3 Å². The highest BCUT2D eigenvalue weighted by atomic mass is 35.5. The van der Waals surface area contributed by atoms with Crippen molar-refractivity contribution in [3.05, 3.63) is 58.6 Å². The first kappa shape index (κ1) is 20.8. The number of amides is 1. The summed E-state index contributed by atoms with van der Waals surface area (Å²) in [6.07, 6.45) is 1.39. The second kappa shape index (κ2) is 10.00. The molecule has 0 bridgehead atoms. The number of nitriles is 1. The van der Waals surface area contributed by atoms with Gasteiger partial charge in [0.2, 0.25) is 0 Å². The summed E-state index contributed by atoms with van der Waals surface area (Å²) in [5.41, 5.74) is 0.858. The Balaban J connectivity index is 2.24.